The maximum absolute atomic E-state index is 5.80. The summed E-state index contributed by atoms with van der Waals surface area (Å²) in [7, 11) is 0. The molecule has 1 N–H and O–H groups in total. The minimum Gasteiger partial charge on any atom is -0.490 e. The maximum Gasteiger partial charge on any atom is 0.161 e. The van der Waals surface area contributed by atoms with Crippen LogP contribution in [0.1, 0.15) is 46.1 Å². The Bertz CT molecular complexity index is 377. The van der Waals surface area contributed by atoms with Gasteiger partial charge in [0.1, 0.15) is 0 Å². The lowest BCUT2D eigenvalue weighted by Gasteiger charge is -2.15. The molecule has 0 unspecified atom stereocenters. The van der Waals surface area contributed by atoms with Crippen LogP contribution in [0.25, 0.3) is 0 Å². The van der Waals surface area contributed by atoms with E-state index in [1.807, 2.05) is 13.0 Å². The molecule has 0 atom stereocenters. The topological polar surface area (TPSA) is 30.5 Å². The molecule has 1 aromatic rings. The molecule has 0 bridgehead atoms. The number of benzene rings is 1. The lowest BCUT2D eigenvalue weighted by atomic mass is 10.2. The van der Waals surface area contributed by atoms with Crippen LogP contribution in [0.3, 0.4) is 0 Å². The van der Waals surface area contributed by atoms with Gasteiger partial charge in [-0.3, -0.25) is 0 Å². The van der Waals surface area contributed by atoms with E-state index < -0.39 is 0 Å². The van der Waals surface area contributed by atoms with Gasteiger partial charge in [0.2, 0.25) is 0 Å². The molecule has 0 aromatic heterocycles. The molecule has 1 rings (SSSR count). The predicted molar refractivity (Wildman–Crippen MR) is 84.6 cm³/mol. The van der Waals surface area contributed by atoms with Gasteiger partial charge in [0, 0.05) is 6.54 Å². The Hall–Kier alpha value is -1.22. The number of hydrogen-bond acceptors (Lipinski definition) is 3. The Morgan fingerprint density at radius 3 is 2.55 bits per heavy atom. The second-order valence-electron chi connectivity index (χ2n) is 5.45. The smallest absolute Gasteiger partial charge is 0.161 e. The zero-order chi connectivity index (χ0) is 14.8. The SMILES string of the molecule is CCCCNCc1ccc(OCC(C)C)c(OCC)c1. The molecule has 0 aliphatic carbocycles. The second-order valence-corrected chi connectivity index (χ2v) is 5.45. The van der Waals surface area contributed by atoms with Gasteiger partial charge in [-0.05, 0) is 43.5 Å². The molecule has 20 heavy (non-hydrogen) atoms. The monoisotopic (exact) mass is 279 g/mol. The van der Waals surface area contributed by atoms with Crippen LogP contribution < -0.4 is 14.8 Å². The van der Waals surface area contributed by atoms with Crippen molar-refractivity contribution in [3.05, 3.63) is 23.8 Å². The summed E-state index contributed by atoms with van der Waals surface area (Å²) in [6, 6.07) is 6.21. The zero-order valence-electron chi connectivity index (χ0n) is 13.4. The Balaban J connectivity index is 2.63. The zero-order valence-corrected chi connectivity index (χ0v) is 13.4. The summed E-state index contributed by atoms with van der Waals surface area (Å²) in [5.41, 5.74) is 1.24. The number of rotatable bonds is 10. The summed E-state index contributed by atoms with van der Waals surface area (Å²) in [6.45, 7) is 11.8. The summed E-state index contributed by atoms with van der Waals surface area (Å²) in [4.78, 5) is 0. The van der Waals surface area contributed by atoms with Crippen molar-refractivity contribution >= 4 is 0 Å². The van der Waals surface area contributed by atoms with Gasteiger partial charge in [-0.25, -0.2) is 0 Å². The minimum absolute atomic E-state index is 0.514. The largest absolute Gasteiger partial charge is 0.490 e. The standard InChI is InChI=1S/C17H29NO2/c1-5-7-10-18-12-15-8-9-16(20-13-14(3)4)17(11-15)19-6-2/h8-9,11,14,18H,5-7,10,12-13H2,1-4H3. The highest BCUT2D eigenvalue weighted by Gasteiger charge is 2.07. The van der Waals surface area contributed by atoms with E-state index in [9.17, 15) is 0 Å². The van der Waals surface area contributed by atoms with Crippen molar-refractivity contribution in [3.63, 3.8) is 0 Å². The predicted octanol–water partition coefficient (Wildman–Crippen LogP) is 4.01. The van der Waals surface area contributed by atoms with Crippen LogP contribution in [0.4, 0.5) is 0 Å². The van der Waals surface area contributed by atoms with Gasteiger partial charge < -0.3 is 14.8 Å². The highest BCUT2D eigenvalue weighted by molar-refractivity contribution is 5.43. The third kappa shape index (κ3) is 6.29. The van der Waals surface area contributed by atoms with E-state index in [0.717, 1.165) is 24.6 Å². The Labute approximate surface area is 123 Å². The number of nitrogens with one attached hydrogen (secondary N) is 1. The van der Waals surface area contributed by atoms with E-state index in [0.29, 0.717) is 19.1 Å². The Morgan fingerprint density at radius 1 is 1.10 bits per heavy atom. The summed E-state index contributed by atoms with van der Waals surface area (Å²) >= 11 is 0. The Kier molecular flexibility index (Phi) is 8.12. The van der Waals surface area contributed by atoms with Gasteiger partial charge in [0.25, 0.3) is 0 Å². The van der Waals surface area contributed by atoms with Crippen LogP contribution in [0.2, 0.25) is 0 Å². The molecule has 0 spiro atoms. The molecule has 0 heterocycles. The minimum atomic E-state index is 0.514. The van der Waals surface area contributed by atoms with E-state index in [-0.39, 0.29) is 0 Å². The molecule has 0 aliphatic rings. The van der Waals surface area contributed by atoms with Gasteiger partial charge in [0.05, 0.1) is 13.2 Å². The molecule has 0 radical (unpaired) electrons. The van der Waals surface area contributed by atoms with Gasteiger partial charge in [-0.1, -0.05) is 33.3 Å². The quantitative estimate of drug-likeness (QED) is 0.656. The first-order chi connectivity index (χ1) is 9.67. The van der Waals surface area contributed by atoms with Gasteiger partial charge in [-0.15, -0.1) is 0 Å². The number of ether oxygens (including phenoxy) is 2. The van der Waals surface area contributed by atoms with Crippen molar-refractivity contribution in [2.75, 3.05) is 19.8 Å². The number of hydrogen-bond donors (Lipinski definition) is 1. The van der Waals surface area contributed by atoms with Crippen molar-refractivity contribution in [1.29, 1.82) is 0 Å². The first kappa shape index (κ1) is 16.8. The lowest BCUT2D eigenvalue weighted by molar-refractivity contribution is 0.248. The van der Waals surface area contributed by atoms with Crippen molar-refractivity contribution in [3.8, 4) is 11.5 Å². The van der Waals surface area contributed by atoms with Crippen LogP contribution >= 0.6 is 0 Å². The van der Waals surface area contributed by atoms with E-state index in [1.165, 1.54) is 18.4 Å². The van der Waals surface area contributed by atoms with Crippen LogP contribution in [-0.4, -0.2) is 19.8 Å². The first-order valence-corrected chi connectivity index (χ1v) is 7.76. The Morgan fingerprint density at radius 2 is 1.90 bits per heavy atom. The third-order valence-electron chi connectivity index (χ3n) is 2.92. The maximum atomic E-state index is 5.80. The molecular formula is C17H29NO2. The average molecular weight is 279 g/mol. The summed E-state index contributed by atoms with van der Waals surface area (Å²) in [6.07, 6.45) is 2.44. The fraction of sp³-hybridized carbons (Fsp3) is 0.647. The molecule has 0 amide bonds. The van der Waals surface area contributed by atoms with Gasteiger partial charge in [0.15, 0.2) is 11.5 Å². The highest BCUT2D eigenvalue weighted by atomic mass is 16.5. The fourth-order valence-corrected chi connectivity index (χ4v) is 1.84. The van der Waals surface area contributed by atoms with E-state index in [1.54, 1.807) is 0 Å². The summed E-state index contributed by atoms with van der Waals surface area (Å²) in [5, 5.41) is 3.45. The van der Waals surface area contributed by atoms with Crippen LogP contribution in [0.15, 0.2) is 18.2 Å². The average Bonchev–Trinajstić information content (AvgIpc) is 2.43. The van der Waals surface area contributed by atoms with Crippen LogP contribution in [0.5, 0.6) is 11.5 Å². The summed E-state index contributed by atoms with van der Waals surface area (Å²) < 4.78 is 11.5. The number of unbranched alkanes of at least 4 members (excludes halogenated alkanes) is 1. The van der Waals surface area contributed by atoms with Crippen LogP contribution in [0, 0.1) is 5.92 Å². The molecule has 0 saturated heterocycles. The molecule has 0 aliphatic heterocycles. The molecule has 0 fully saturated rings. The van der Waals surface area contributed by atoms with Crippen LogP contribution in [-0.2, 0) is 6.54 Å². The molecule has 0 saturated carbocycles. The van der Waals surface area contributed by atoms with E-state index >= 15 is 0 Å². The van der Waals surface area contributed by atoms with E-state index in [2.05, 4.69) is 38.2 Å². The first-order valence-electron chi connectivity index (χ1n) is 7.76. The van der Waals surface area contributed by atoms with Crippen molar-refractivity contribution in [2.45, 2.75) is 47.1 Å². The highest BCUT2D eigenvalue weighted by Crippen LogP contribution is 2.28. The molecule has 114 valence electrons. The van der Waals surface area contributed by atoms with Gasteiger partial charge >= 0.3 is 0 Å². The normalized spacial score (nSPS) is 10.8. The molecular weight excluding hydrogens is 250 g/mol. The van der Waals surface area contributed by atoms with Crippen molar-refractivity contribution in [2.24, 2.45) is 5.92 Å². The van der Waals surface area contributed by atoms with Crippen molar-refractivity contribution < 1.29 is 9.47 Å². The lowest BCUT2D eigenvalue weighted by Crippen LogP contribution is -2.14. The summed E-state index contributed by atoms with van der Waals surface area (Å²) in [5.74, 6) is 2.21. The van der Waals surface area contributed by atoms with Crippen molar-refractivity contribution in [1.82, 2.24) is 5.32 Å². The van der Waals surface area contributed by atoms with E-state index in [4.69, 9.17) is 9.47 Å². The fourth-order valence-electron chi connectivity index (χ4n) is 1.84. The third-order valence-corrected chi connectivity index (χ3v) is 2.92. The van der Waals surface area contributed by atoms with Gasteiger partial charge in [-0.2, -0.15) is 0 Å². The molecule has 3 heteroatoms. The second kappa shape index (κ2) is 9.65. The molecule has 1 aromatic carbocycles. The molecule has 3 nitrogen and oxygen atoms in total.